The van der Waals surface area contributed by atoms with E-state index in [9.17, 15) is 9.18 Å². The average molecular weight is 433 g/mol. The van der Waals surface area contributed by atoms with Gasteiger partial charge in [-0.25, -0.2) is 4.39 Å². The number of thioether (sulfide) groups is 1. The van der Waals surface area contributed by atoms with Gasteiger partial charge in [-0.3, -0.25) is 4.79 Å². The lowest BCUT2D eigenvalue weighted by atomic mass is 10.2. The summed E-state index contributed by atoms with van der Waals surface area (Å²) in [5, 5.41) is 12.0. The molecule has 0 atom stereocenters. The first kappa shape index (κ1) is 22.0. The molecule has 0 saturated carbocycles. The number of carbonyl (C=O) groups excluding carboxylic acids is 1. The van der Waals surface area contributed by atoms with Gasteiger partial charge in [-0.1, -0.05) is 43.8 Å². The third-order valence-corrected chi connectivity index (χ3v) is 5.25. The Bertz CT molecular complexity index is 986. The molecule has 1 aromatic carbocycles. The van der Waals surface area contributed by atoms with E-state index in [0.29, 0.717) is 47.1 Å². The number of rotatable bonds is 10. The molecule has 30 heavy (non-hydrogen) atoms. The van der Waals surface area contributed by atoms with E-state index in [1.54, 1.807) is 31.4 Å². The Kier molecular flexibility index (Phi) is 7.64. The maximum Gasteiger partial charge on any atom is 0.287 e. The summed E-state index contributed by atoms with van der Waals surface area (Å²) in [6.45, 7) is 5.38. The number of aromatic nitrogens is 3. The van der Waals surface area contributed by atoms with Crippen LogP contribution in [0, 0.1) is 11.7 Å². The van der Waals surface area contributed by atoms with Crippen molar-refractivity contribution in [3.8, 4) is 0 Å². The van der Waals surface area contributed by atoms with Crippen molar-refractivity contribution in [2.45, 2.75) is 44.5 Å². The molecular weight excluding hydrogens is 407 g/mol. The number of hydrogen-bond acceptors (Lipinski definition) is 6. The number of amides is 1. The van der Waals surface area contributed by atoms with E-state index in [1.807, 2.05) is 10.6 Å². The van der Waals surface area contributed by atoms with Gasteiger partial charge >= 0.3 is 0 Å². The first-order valence-electron chi connectivity index (χ1n) is 9.62. The molecule has 2 heterocycles. The van der Waals surface area contributed by atoms with Gasteiger partial charge < -0.3 is 19.0 Å². The highest BCUT2D eigenvalue weighted by molar-refractivity contribution is 7.98. The highest BCUT2D eigenvalue weighted by Gasteiger charge is 2.17. The van der Waals surface area contributed by atoms with Crippen LogP contribution in [0.25, 0.3) is 0 Å². The van der Waals surface area contributed by atoms with Gasteiger partial charge in [-0.2, -0.15) is 0 Å². The summed E-state index contributed by atoms with van der Waals surface area (Å²) in [4.78, 5) is 12.4. The van der Waals surface area contributed by atoms with Gasteiger partial charge in [0.15, 0.2) is 16.7 Å². The van der Waals surface area contributed by atoms with Crippen LogP contribution in [0.2, 0.25) is 0 Å². The van der Waals surface area contributed by atoms with Gasteiger partial charge in [-0.15, -0.1) is 10.2 Å². The number of halogens is 1. The molecule has 0 saturated heterocycles. The van der Waals surface area contributed by atoms with Crippen molar-refractivity contribution in [1.29, 1.82) is 0 Å². The monoisotopic (exact) mass is 432 g/mol. The number of methoxy groups -OCH3 is 1. The maximum absolute atomic E-state index is 13.9. The van der Waals surface area contributed by atoms with Gasteiger partial charge in [0, 0.05) is 19.4 Å². The number of furan rings is 1. The standard InChI is InChI=1S/C21H25FN4O3S/c1-14(2)11-26-19(10-23-20(27)18-9-8-16(29-18)12-28-3)24-25-21(26)30-13-15-6-4-5-7-17(15)22/h4-9,14H,10-13H2,1-3H3,(H,23,27). The fourth-order valence-electron chi connectivity index (χ4n) is 2.83. The Hall–Kier alpha value is -2.65. The van der Waals surface area contributed by atoms with E-state index in [4.69, 9.17) is 9.15 Å². The molecule has 0 radical (unpaired) electrons. The summed E-state index contributed by atoms with van der Waals surface area (Å²) in [6, 6.07) is 10.00. The van der Waals surface area contributed by atoms with Crippen LogP contribution in [0.3, 0.4) is 0 Å². The molecule has 2 aromatic heterocycles. The van der Waals surface area contributed by atoms with Crippen molar-refractivity contribution < 1.29 is 18.3 Å². The van der Waals surface area contributed by atoms with Crippen LogP contribution >= 0.6 is 11.8 Å². The molecule has 0 aliphatic rings. The van der Waals surface area contributed by atoms with Crippen LogP contribution in [-0.2, 0) is 30.2 Å². The molecule has 0 spiro atoms. The van der Waals surface area contributed by atoms with Crippen molar-refractivity contribution in [1.82, 2.24) is 20.1 Å². The molecule has 0 bridgehead atoms. The van der Waals surface area contributed by atoms with Crippen LogP contribution < -0.4 is 5.32 Å². The largest absolute Gasteiger partial charge is 0.453 e. The number of ether oxygens (including phenoxy) is 1. The van der Waals surface area contributed by atoms with Crippen LogP contribution in [0.5, 0.6) is 0 Å². The highest BCUT2D eigenvalue weighted by Crippen LogP contribution is 2.24. The first-order chi connectivity index (χ1) is 14.5. The second-order valence-corrected chi connectivity index (χ2v) is 8.11. The van der Waals surface area contributed by atoms with E-state index in [-0.39, 0.29) is 24.0 Å². The zero-order valence-corrected chi connectivity index (χ0v) is 18.0. The predicted molar refractivity (Wildman–Crippen MR) is 111 cm³/mol. The minimum absolute atomic E-state index is 0.207. The van der Waals surface area contributed by atoms with Gasteiger partial charge in [0.1, 0.15) is 18.2 Å². The van der Waals surface area contributed by atoms with Gasteiger partial charge in [-0.05, 0) is 29.7 Å². The van der Waals surface area contributed by atoms with Gasteiger partial charge in [0.05, 0.1) is 6.54 Å². The topological polar surface area (TPSA) is 82.2 Å². The third kappa shape index (κ3) is 5.70. The number of hydrogen-bond donors (Lipinski definition) is 1. The lowest BCUT2D eigenvalue weighted by Crippen LogP contribution is -2.25. The van der Waals surface area contributed by atoms with E-state index in [1.165, 1.54) is 17.8 Å². The van der Waals surface area contributed by atoms with Crippen LogP contribution in [0.1, 0.15) is 41.6 Å². The fraction of sp³-hybridized carbons (Fsp3) is 0.381. The van der Waals surface area contributed by atoms with Crippen LogP contribution in [0.4, 0.5) is 4.39 Å². The molecule has 9 heteroatoms. The summed E-state index contributed by atoms with van der Waals surface area (Å²) in [5.74, 6) is 1.66. The summed E-state index contributed by atoms with van der Waals surface area (Å²) in [5.41, 5.74) is 0.612. The molecule has 3 rings (SSSR count). The summed E-state index contributed by atoms with van der Waals surface area (Å²) in [7, 11) is 1.56. The minimum atomic E-state index is -0.336. The normalized spacial score (nSPS) is 11.2. The van der Waals surface area contributed by atoms with Gasteiger partial charge in [0.25, 0.3) is 5.91 Å². The molecule has 1 N–H and O–H groups in total. The Morgan fingerprint density at radius 2 is 2.07 bits per heavy atom. The molecule has 0 fully saturated rings. The summed E-state index contributed by atoms with van der Waals surface area (Å²) < 4.78 is 26.3. The van der Waals surface area contributed by atoms with E-state index < -0.39 is 0 Å². The second-order valence-electron chi connectivity index (χ2n) is 7.16. The minimum Gasteiger partial charge on any atom is -0.453 e. The molecule has 3 aromatic rings. The SMILES string of the molecule is COCc1ccc(C(=O)NCc2nnc(SCc3ccccc3F)n2CC(C)C)o1. The maximum atomic E-state index is 13.9. The first-order valence-corrected chi connectivity index (χ1v) is 10.6. The quantitative estimate of drug-likeness (QED) is 0.487. The highest BCUT2D eigenvalue weighted by atomic mass is 32.2. The van der Waals surface area contributed by atoms with Crippen LogP contribution in [0.15, 0.2) is 46.0 Å². The average Bonchev–Trinajstić information content (AvgIpc) is 3.33. The number of nitrogens with one attached hydrogen (secondary N) is 1. The van der Waals surface area contributed by atoms with Crippen molar-refractivity contribution in [2.75, 3.05) is 7.11 Å². The molecular formula is C21H25FN4O3S. The second kappa shape index (κ2) is 10.4. The molecule has 7 nitrogen and oxygen atoms in total. The molecule has 1 amide bonds. The summed E-state index contributed by atoms with van der Waals surface area (Å²) >= 11 is 1.42. The summed E-state index contributed by atoms with van der Waals surface area (Å²) in [6.07, 6.45) is 0. The van der Waals surface area contributed by atoms with Crippen molar-refractivity contribution in [3.05, 3.63) is 65.1 Å². The molecule has 0 aliphatic carbocycles. The van der Waals surface area contributed by atoms with Crippen LogP contribution in [-0.4, -0.2) is 27.8 Å². The number of nitrogens with zero attached hydrogens (tertiary/aromatic N) is 3. The molecule has 0 unspecified atom stereocenters. The van der Waals surface area contributed by atoms with E-state index >= 15 is 0 Å². The Morgan fingerprint density at radius 1 is 1.27 bits per heavy atom. The lowest BCUT2D eigenvalue weighted by Gasteiger charge is -2.13. The Labute approximate surface area is 179 Å². The Balaban J connectivity index is 1.67. The van der Waals surface area contributed by atoms with E-state index in [0.717, 1.165) is 0 Å². The smallest absolute Gasteiger partial charge is 0.287 e. The molecule has 0 aliphatic heterocycles. The predicted octanol–water partition coefficient (Wildman–Crippen LogP) is 4.03. The third-order valence-electron chi connectivity index (χ3n) is 4.23. The van der Waals surface area contributed by atoms with Crippen molar-refractivity contribution >= 4 is 17.7 Å². The van der Waals surface area contributed by atoms with E-state index in [2.05, 4.69) is 29.4 Å². The number of benzene rings is 1. The fourth-order valence-corrected chi connectivity index (χ4v) is 3.78. The zero-order chi connectivity index (χ0) is 21.5. The van der Waals surface area contributed by atoms with Gasteiger partial charge in [0.2, 0.25) is 0 Å². The molecule has 160 valence electrons. The number of carbonyl (C=O) groups is 1. The lowest BCUT2D eigenvalue weighted by molar-refractivity contribution is 0.0912. The zero-order valence-electron chi connectivity index (χ0n) is 17.2. The van der Waals surface area contributed by atoms with Crippen molar-refractivity contribution in [3.63, 3.8) is 0 Å². The Morgan fingerprint density at radius 3 is 2.80 bits per heavy atom. The van der Waals surface area contributed by atoms with Crippen molar-refractivity contribution in [2.24, 2.45) is 5.92 Å².